The first-order valence-electron chi connectivity index (χ1n) is 10.6. The third-order valence-corrected chi connectivity index (χ3v) is 6.96. The first-order chi connectivity index (χ1) is 13.7. The Morgan fingerprint density at radius 1 is 1.04 bits per heavy atom. The number of rotatable bonds is 3. The smallest absolute Gasteiger partial charge is 0.244 e. The lowest BCUT2D eigenvalue weighted by molar-refractivity contribution is -0.146. The molecule has 1 unspecified atom stereocenters. The summed E-state index contributed by atoms with van der Waals surface area (Å²) < 4.78 is 4.96. The molecule has 0 N–H and O–H groups in total. The molecule has 28 heavy (non-hydrogen) atoms. The molecule has 6 nitrogen and oxygen atoms in total. The van der Waals surface area contributed by atoms with Crippen LogP contribution in [-0.2, 0) is 17.6 Å². The van der Waals surface area contributed by atoms with E-state index in [0.717, 1.165) is 56.7 Å². The Labute approximate surface area is 165 Å². The van der Waals surface area contributed by atoms with Gasteiger partial charge in [0.15, 0.2) is 0 Å². The number of nitrogens with zero attached hydrogens (tertiary/aromatic N) is 4. The number of hydrogen-bond acceptors (Lipinski definition) is 5. The van der Waals surface area contributed by atoms with Gasteiger partial charge in [0.25, 0.3) is 0 Å². The summed E-state index contributed by atoms with van der Waals surface area (Å²) >= 11 is 0. The van der Waals surface area contributed by atoms with Crippen molar-refractivity contribution in [3.63, 3.8) is 0 Å². The summed E-state index contributed by atoms with van der Waals surface area (Å²) in [5.41, 5.74) is 3.84. The van der Waals surface area contributed by atoms with Gasteiger partial charge in [0, 0.05) is 19.4 Å². The van der Waals surface area contributed by atoms with E-state index in [0.29, 0.717) is 0 Å². The Morgan fingerprint density at radius 2 is 1.75 bits per heavy atom. The minimum Gasteiger partial charge on any atom is -0.332 e. The first-order valence-corrected chi connectivity index (χ1v) is 10.6. The van der Waals surface area contributed by atoms with E-state index in [2.05, 4.69) is 44.4 Å². The van der Waals surface area contributed by atoms with Gasteiger partial charge in [0.2, 0.25) is 5.91 Å². The number of carbonyl (C=O) groups excluding carboxylic acids is 1. The van der Waals surface area contributed by atoms with E-state index in [4.69, 9.17) is 4.63 Å². The van der Waals surface area contributed by atoms with Gasteiger partial charge in [-0.3, -0.25) is 9.69 Å². The highest BCUT2D eigenvalue weighted by Crippen LogP contribution is 2.41. The van der Waals surface area contributed by atoms with Crippen molar-refractivity contribution in [3.05, 3.63) is 46.8 Å². The van der Waals surface area contributed by atoms with Gasteiger partial charge in [0.05, 0.1) is 6.04 Å². The lowest BCUT2D eigenvalue weighted by atomic mass is 9.88. The molecule has 5 rings (SSSR count). The molecule has 0 spiro atoms. The second kappa shape index (κ2) is 6.99. The summed E-state index contributed by atoms with van der Waals surface area (Å²) in [7, 11) is 0. The molecule has 2 aliphatic heterocycles. The number of benzene rings is 1. The molecule has 3 aliphatic rings. The summed E-state index contributed by atoms with van der Waals surface area (Å²) in [6.07, 6.45) is 7.21. The summed E-state index contributed by atoms with van der Waals surface area (Å²) in [5, 5.41) is 8.10. The molecule has 1 amide bonds. The summed E-state index contributed by atoms with van der Waals surface area (Å²) in [6.45, 7) is 4.74. The van der Waals surface area contributed by atoms with Crippen LogP contribution in [0.2, 0.25) is 0 Å². The zero-order valence-corrected chi connectivity index (χ0v) is 16.6. The quantitative estimate of drug-likeness (QED) is 0.819. The van der Waals surface area contributed by atoms with Crippen LogP contribution in [0.1, 0.15) is 60.7 Å². The third-order valence-electron chi connectivity index (χ3n) is 6.96. The first kappa shape index (κ1) is 17.9. The number of fused-ring (bicyclic) bond motifs is 1. The Morgan fingerprint density at radius 3 is 2.39 bits per heavy atom. The van der Waals surface area contributed by atoms with E-state index >= 15 is 0 Å². The predicted molar refractivity (Wildman–Crippen MR) is 105 cm³/mol. The fourth-order valence-electron chi connectivity index (χ4n) is 5.53. The van der Waals surface area contributed by atoms with Crippen molar-refractivity contribution in [2.75, 3.05) is 19.6 Å². The highest BCUT2D eigenvalue weighted by molar-refractivity contribution is 5.89. The van der Waals surface area contributed by atoms with Gasteiger partial charge in [-0.25, -0.2) is 4.63 Å². The molecular weight excluding hydrogens is 352 g/mol. The van der Waals surface area contributed by atoms with E-state index in [9.17, 15) is 4.79 Å². The number of carbonyl (C=O) groups is 1. The zero-order valence-electron chi connectivity index (χ0n) is 16.6. The van der Waals surface area contributed by atoms with Crippen molar-refractivity contribution in [1.29, 1.82) is 0 Å². The number of aryl methyl sites for hydroxylation is 1. The predicted octanol–water partition coefficient (Wildman–Crippen LogP) is 3.07. The summed E-state index contributed by atoms with van der Waals surface area (Å²) in [6, 6.07) is 8.57. The second-order valence-electron chi connectivity index (χ2n) is 8.59. The molecule has 2 aromatic rings. The highest BCUT2D eigenvalue weighted by atomic mass is 16.6. The number of likely N-dealkylation sites (tertiary alicyclic amines) is 2. The Kier molecular flexibility index (Phi) is 4.46. The molecule has 148 valence electrons. The van der Waals surface area contributed by atoms with Crippen LogP contribution < -0.4 is 0 Å². The van der Waals surface area contributed by atoms with Crippen LogP contribution >= 0.6 is 0 Å². The number of piperidine rings is 1. The topological polar surface area (TPSA) is 62.5 Å². The van der Waals surface area contributed by atoms with Crippen molar-refractivity contribution < 1.29 is 9.42 Å². The minimum atomic E-state index is -0.447. The van der Waals surface area contributed by atoms with Gasteiger partial charge in [-0.05, 0) is 56.8 Å². The molecule has 2 saturated heterocycles. The van der Waals surface area contributed by atoms with Gasteiger partial charge >= 0.3 is 0 Å². The fourth-order valence-corrected chi connectivity index (χ4v) is 5.53. The van der Waals surface area contributed by atoms with E-state index in [1.165, 1.54) is 30.4 Å². The maximum absolute atomic E-state index is 14.2. The van der Waals surface area contributed by atoms with Gasteiger partial charge in [-0.15, -0.1) is 0 Å². The Hall–Kier alpha value is -2.21. The van der Waals surface area contributed by atoms with Crippen LogP contribution in [0.3, 0.4) is 0 Å². The van der Waals surface area contributed by atoms with Crippen molar-refractivity contribution in [2.45, 2.75) is 63.5 Å². The van der Waals surface area contributed by atoms with Crippen LogP contribution in [0.4, 0.5) is 0 Å². The maximum Gasteiger partial charge on any atom is 0.244 e. The number of amides is 1. The molecule has 1 atom stereocenters. The summed E-state index contributed by atoms with van der Waals surface area (Å²) in [4.78, 5) is 18.7. The summed E-state index contributed by atoms with van der Waals surface area (Å²) in [5.74, 6) is 0.274. The maximum atomic E-state index is 14.2. The Balaban J connectivity index is 1.51. The molecule has 0 radical (unpaired) electrons. The van der Waals surface area contributed by atoms with E-state index in [1.807, 2.05) is 6.92 Å². The normalized spacial score (nSPS) is 24.5. The highest BCUT2D eigenvalue weighted by Gasteiger charge is 2.52. The molecule has 1 aromatic heterocycles. The molecule has 3 heterocycles. The van der Waals surface area contributed by atoms with Crippen molar-refractivity contribution in [1.82, 2.24) is 20.1 Å². The van der Waals surface area contributed by atoms with Gasteiger partial charge < -0.3 is 4.90 Å². The van der Waals surface area contributed by atoms with Crippen LogP contribution in [0, 0.1) is 6.92 Å². The number of hydrogen-bond donors (Lipinski definition) is 0. The standard InChI is InChI=1S/C22H28N4O2/c1-16-20(24-28-23-16)19-10-7-13-26(19)21(27)22(25-11-5-2-6-12-25)14-17-8-3-4-9-18(17)15-22/h3-4,8-9,19H,2,5-7,10-15H2,1H3. The van der Waals surface area contributed by atoms with Crippen molar-refractivity contribution >= 4 is 5.91 Å². The molecule has 1 aromatic carbocycles. The second-order valence-corrected chi connectivity index (χ2v) is 8.59. The lowest BCUT2D eigenvalue weighted by Gasteiger charge is -2.45. The molecule has 1 aliphatic carbocycles. The fraction of sp³-hybridized carbons (Fsp3) is 0.591. The monoisotopic (exact) mass is 380 g/mol. The zero-order chi connectivity index (χ0) is 19.1. The van der Waals surface area contributed by atoms with Crippen LogP contribution in [0.15, 0.2) is 28.9 Å². The largest absolute Gasteiger partial charge is 0.332 e. The minimum absolute atomic E-state index is 0.0101. The lowest BCUT2D eigenvalue weighted by Crippen LogP contribution is -2.61. The van der Waals surface area contributed by atoms with Gasteiger partial charge in [0.1, 0.15) is 16.9 Å². The average molecular weight is 380 g/mol. The molecule has 2 fully saturated rings. The van der Waals surface area contributed by atoms with E-state index < -0.39 is 5.54 Å². The SMILES string of the molecule is Cc1nonc1C1CCCN1C(=O)C1(N2CCCCC2)Cc2ccccc2C1. The van der Waals surface area contributed by atoms with Gasteiger partial charge in [-0.2, -0.15) is 0 Å². The van der Waals surface area contributed by atoms with E-state index in [-0.39, 0.29) is 11.9 Å². The van der Waals surface area contributed by atoms with Crippen LogP contribution in [-0.4, -0.2) is 51.2 Å². The molecule has 0 bridgehead atoms. The molecule has 0 saturated carbocycles. The Bertz CT molecular complexity index is 846. The van der Waals surface area contributed by atoms with E-state index in [1.54, 1.807) is 0 Å². The van der Waals surface area contributed by atoms with Gasteiger partial charge in [-0.1, -0.05) is 41.0 Å². The molecule has 6 heteroatoms. The van der Waals surface area contributed by atoms with Crippen molar-refractivity contribution in [3.8, 4) is 0 Å². The van der Waals surface area contributed by atoms with Crippen molar-refractivity contribution in [2.24, 2.45) is 0 Å². The number of aromatic nitrogens is 2. The van der Waals surface area contributed by atoms with Crippen LogP contribution in [0.5, 0.6) is 0 Å². The third kappa shape index (κ3) is 2.77. The van der Waals surface area contributed by atoms with Crippen LogP contribution in [0.25, 0.3) is 0 Å². The molecular formula is C22H28N4O2. The average Bonchev–Trinajstić information content (AvgIpc) is 3.45.